The minimum Gasteiger partial charge on any atom is -0.424 e. The molecule has 0 spiro atoms. The van der Waals surface area contributed by atoms with Crippen LogP contribution in [0.4, 0.5) is 4.39 Å². The Morgan fingerprint density at radius 3 is 2.63 bits per heavy atom. The average molecular weight is 285 g/mol. The lowest BCUT2D eigenvalue weighted by atomic mass is 10.2. The Hall–Kier alpha value is -1.80. The molecule has 1 aromatic carbocycles. The van der Waals surface area contributed by atoms with Crippen molar-refractivity contribution in [2.45, 2.75) is 25.3 Å². The van der Waals surface area contributed by atoms with Gasteiger partial charge in [0.05, 0.1) is 11.4 Å². The smallest absolute Gasteiger partial charge is 0.241 e. The summed E-state index contributed by atoms with van der Waals surface area (Å²) >= 11 is 0. The number of hydrogen-bond donors (Lipinski definition) is 1. The molecular weight excluding hydrogens is 273 g/mol. The van der Waals surface area contributed by atoms with E-state index >= 15 is 0 Å². The first kappa shape index (κ1) is 13.6. The van der Waals surface area contributed by atoms with Gasteiger partial charge in [0.2, 0.25) is 21.8 Å². The number of hydrogen-bond acceptors (Lipinski definition) is 5. The maximum Gasteiger partial charge on any atom is 0.241 e. The normalized spacial score (nSPS) is 11.7. The molecule has 0 saturated carbocycles. The van der Waals surface area contributed by atoms with Crippen LogP contribution in [0.3, 0.4) is 0 Å². The molecule has 8 heteroatoms. The van der Waals surface area contributed by atoms with E-state index in [1.54, 1.807) is 6.92 Å². The molecular formula is C11H12FN3O3S. The zero-order valence-electron chi connectivity index (χ0n) is 10.3. The summed E-state index contributed by atoms with van der Waals surface area (Å²) in [6.45, 7) is 2.99. The van der Waals surface area contributed by atoms with Gasteiger partial charge in [-0.1, -0.05) is 0 Å². The molecule has 0 unspecified atom stereocenters. The molecule has 0 radical (unpaired) electrons. The second-order valence-corrected chi connectivity index (χ2v) is 5.72. The van der Waals surface area contributed by atoms with Crippen molar-refractivity contribution in [3.8, 4) is 0 Å². The van der Waals surface area contributed by atoms with Crippen LogP contribution in [-0.2, 0) is 16.6 Å². The minimum absolute atomic E-state index is 0.0114. The number of benzene rings is 1. The van der Waals surface area contributed by atoms with Gasteiger partial charge in [-0.25, -0.2) is 17.5 Å². The van der Waals surface area contributed by atoms with Crippen LogP contribution >= 0.6 is 0 Å². The van der Waals surface area contributed by atoms with Gasteiger partial charge in [0.15, 0.2) is 0 Å². The number of halogens is 1. The largest absolute Gasteiger partial charge is 0.424 e. The van der Waals surface area contributed by atoms with Crippen molar-refractivity contribution in [3.63, 3.8) is 0 Å². The van der Waals surface area contributed by atoms with Gasteiger partial charge in [-0.15, -0.1) is 10.2 Å². The second-order valence-electron chi connectivity index (χ2n) is 3.95. The van der Waals surface area contributed by atoms with E-state index in [1.165, 1.54) is 19.1 Å². The molecule has 2 rings (SSSR count). The van der Waals surface area contributed by atoms with E-state index in [2.05, 4.69) is 14.9 Å². The van der Waals surface area contributed by atoms with Crippen molar-refractivity contribution in [2.24, 2.45) is 0 Å². The number of rotatable bonds is 4. The first-order valence-electron chi connectivity index (χ1n) is 5.43. The molecule has 0 fully saturated rings. The summed E-state index contributed by atoms with van der Waals surface area (Å²) in [5.41, 5.74) is 0.261. The molecule has 1 N–H and O–H groups in total. The molecule has 6 nitrogen and oxygen atoms in total. The molecule has 1 heterocycles. The van der Waals surface area contributed by atoms with Crippen LogP contribution in [0, 0.1) is 19.7 Å². The number of nitrogens with one attached hydrogen (secondary N) is 1. The van der Waals surface area contributed by atoms with Crippen LogP contribution in [0.25, 0.3) is 0 Å². The van der Waals surface area contributed by atoms with Crippen molar-refractivity contribution >= 4 is 10.0 Å². The maximum absolute atomic E-state index is 13.1. The fourth-order valence-electron chi connectivity index (χ4n) is 1.43. The molecule has 102 valence electrons. The number of aromatic nitrogens is 2. The molecule has 0 aliphatic carbocycles. The fraction of sp³-hybridized carbons (Fsp3) is 0.273. The predicted molar refractivity (Wildman–Crippen MR) is 64.2 cm³/mol. The lowest BCUT2D eigenvalue weighted by Crippen LogP contribution is -2.23. The van der Waals surface area contributed by atoms with Gasteiger partial charge in [0.1, 0.15) is 5.82 Å². The topological polar surface area (TPSA) is 85.1 Å². The molecule has 0 amide bonds. The summed E-state index contributed by atoms with van der Waals surface area (Å²) in [7, 11) is -3.73. The molecule has 0 saturated heterocycles. The minimum atomic E-state index is -3.73. The Kier molecular flexibility index (Phi) is 3.63. The first-order valence-corrected chi connectivity index (χ1v) is 6.91. The lowest BCUT2D eigenvalue weighted by molar-refractivity contribution is 0.460. The van der Waals surface area contributed by atoms with Crippen molar-refractivity contribution < 1.29 is 17.2 Å². The van der Waals surface area contributed by atoms with E-state index in [1.807, 2.05) is 0 Å². The summed E-state index contributed by atoms with van der Waals surface area (Å²) in [5.74, 6) is 0.0678. The first-order chi connectivity index (χ1) is 8.88. The van der Waals surface area contributed by atoms with Crippen molar-refractivity contribution in [1.29, 1.82) is 0 Å². The van der Waals surface area contributed by atoms with E-state index in [-0.39, 0.29) is 22.9 Å². The summed E-state index contributed by atoms with van der Waals surface area (Å²) in [4.78, 5) is -0.0114. The summed E-state index contributed by atoms with van der Waals surface area (Å²) < 4.78 is 44.4. The van der Waals surface area contributed by atoms with Gasteiger partial charge >= 0.3 is 0 Å². The van der Waals surface area contributed by atoms with Gasteiger partial charge in [0.25, 0.3) is 0 Å². The lowest BCUT2D eigenvalue weighted by Gasteiger charge is -2.06. The van der Waals surface area contributed by atoms with E-state index in [0.29, 0.717) is 5.89 Å². The van der Waals surface area contributed by atoms with Gasteiger partial charge < -0.3 is 4.42 Å². The number of sulfonamides is 1. The third kappa shape index (κ3) is 3.15. The molecule has 0 aliphatic heterocycles. The van der Waals surface area contributed by atoms with Crippen LogP contribution in [0.2, 0.25) is 0 Å². The summed E-state index contributed by atoms with van der Waals surface area (Å²) in [6, 6.07) is 3.57. The SMILES string of the molecule is Cc1nnc(CNS(=O)(=O)c2ccc(F)c(C)c2)o1. The molecule has 0 bridgehead atoms. The molecule has 2 aromatic rings. The Balaban J connectivity index is 2.16. The van der Waals surface area contributed by atoms with Gasteiger partial charge in [-0.05, 0) is 30.7 Å². The van der Waals surface area contributed by atoms with Crippen LogP contribution in [0.1, 0.15) is 17.3 Å². The Labute approximate surface area is 109 Å². The highest BCUT2D eigenvalue weighted by molar-refractivity contribution is 7.89. The van der Waals surface area contributed by atoms with Crippen LogP contribution in [0.5, 0.6) is 0 Å². The average Bonchev–Trinajstić information content (AvgIpc) is 2.76. The van der Waals surface area contributed by atoms with Crippen LogP contribution < -0.4 is 4.72 Å². The zero-order chi connectivity index (χ0) is 14.0. The number of aryl methyl sites for hydroxylation is 2. The van der Waals surface area contributed by atoms with E-state index in [0.717, 1.165) is 6.07 Å². The van der Waals surface area contributed by atoms with E-state index in [4.69, 9.17) is 4.42 Å². The Bertz CT molecular complexity index is 697. The van der Waals surface area contributed by atoms with Crippen molar-refractivity contribution in [3.05, 3.63) is 41.4 Å². The molecule has 0 aliphatic rings. The number of nitrogens with zero attached hydrogens (tertiary/aromatic N) is 2. The van der Waals surface area contributed by atoms with E-state index < -0.39 is 15.8 Å². The second kappa shape index (κ2) is 5.06. The van der Waals surface area contributed by atoms with Gasteiger partial charge in [0, 0.05) is 6.92 Å². The summed E-state index contributed by atoms with van der Waals surface area (Å²) in [5, 5.41) is 7.26. The summed E-state index contributed by atoms with van der Waals surface area (Å²) in [6.07, 6.45) is 0. The van der Waals surface area contributed by atoms with Crippen molar-refractivity contribution in [1.82, 2.24) is 14.9 Å². The van der Waals surface area contributed by atoms with Gasteiger partial charge in [-0.2, -0.15) is 0 Å². The third-order valence-electron chi connectivity index (χ3n) is 2.42. The predicted octanol–water partition coefficient (Wildman–Crippen LogP) is 1.30. The molecule has 0 atom stereocenters. The highest BCUT2D eigenvalue weighted by atomic mass is 32.2. The molecule has 1 aromatic heterocycles. The Morgan fingerprint density at radius 1 is 1.32 bits per heavy atom. The van der Waals surface area contributed by atoms with Gasteiger partial charge in [-0.3, -0.25) is 0 Å². The quantitative estimate of drug-likeness (QED) is 0.915. The maximum atomic E-state index is 13.1. The highest BCUT2D eigenvalue weighted by Crippen LogP contribution is 2.14. The highest BCUT2D eigenvalue weighted by Gasteiger charge is 2.16. The Morgan fingerprint density at radius 2 is 2.05 bits per heavy atom. The monoisotopic (exact) mass is 285 g/mol. The molecule has 19 heavy (non-hydrogen) atoms. The zero-order valence-corrected chi connectivity index (χ0v) is 11.2. The van der Waals surface area contributed by atoms with Crippen LogP contribution in [-0.4, -0.2) is 18.6 Å². The standard InChI is InChI=1S/C11H12FN3O3S/c1-7-5-9(3-4-10(7)12)19(16,17)13-6-11-15-14-8(2)18-11/h3-5,13H,6H2,1-2H3. The third-order valence-corrected chi connectivity index (χ3v) is 3.82. The van der Waals surface area contributed by atoms with E-state index in [9.17, 15) is 12.8 Å². The fourth-order valence-corrected chi connectivity index (χ4v) is 2.49. The van der Waals surface area contributed by atoms with Crippen LogP contribution in [0.15, 0.2) is 27.5 Å². The van der Waals surface area contributed by atoms with Crippen molar-refractivity contribution in [2.75, 3.05) is 0 Å².